The van der Waals surface area contributed by atoms with E-state index in [0.29, 0.717) is 15.8 Å². The smallest absolute Gasteiger partial charge is 0.262 e. The van der Waals surface area contributed by atoms with E-state index in [1.807, 2.05) is 6.07 Å². The Morgan fingerprint density at radius 2 is 2.10 bits per heavy atom. The molecule has 0 aliphatic carbocycles. The van der Waals surface area contributed by atoms with Crippen LogP contribution in [0.1, 0.15) is 13.8 Å². The highest BCUT2D eigenvalue weighted by Crippen LogP contribution is 2.28. The van der Waals surface area contributed by atoms with Gasteiger partial charge in [-0.25, -0.2) is 0 Å². The normalized spacial score (nSPS) is 16.2. The van der Waals surface area contributed by atoms with Gasteiger partial charge >= 0.3 is 0 Å². The summed E-state index contributed by atoms with van der Waals surface area (Å²) in [6, 6.07) is 6.58. The lowest BCUT2D eigenvalue weighted by Crippen LogP contribution is -2.52. The minimum Gasteiger partial charge on any atom is -0.479 e. The van der Waals surface area contributed by atoms with Crippen LogP contribution in [0.2, 0.25) is 10.0 Å². The van der Waals surface area contributed by atoms with E-state index in [0.717, 1.165) is 0 Å². The summed E-state index contributed by atoms with van der Waals surface area (Å²) < 4.78 is 5.46. The van der Waals surface area contributed by atoms with Crippen LogP contribution in [0.25, 0.3) is 0 Å². The van der Waals surface area contributed by atoms with Crippen LogP contribution >= 0.6 is 48.5 Å². The first-order valence-electron chi connectivity index (χ1n) is 5.95. The van der Waals surface area contributed by atoms with Gasteiger partial charge in [0.05, 0.1) is 5.02 Å². The first kappa shape index (κ1) is 18.3. The molecule has 0 radical (unpaired) electrons. The molecule has 4 nitrogen and oxygen atoms in total. The van der Waals surface area contributed by atoms with Crippen molar-refractivity contribution in [3.63, 3.8) is 0 Å². The zero-order valence-electron chi connectivity index (χ0n) is 11.3. The summed E-state index contributed by atoms with van der Waals surface area (Å²) in [7, 11) is 0. The summed E-state index contributed by atoms with van der Waals surface area (Å²) in [5.41, 5.74) is 0. The minimum absolute atomic E-state index is 0.294. The van der Waals surface area contributed by atoms with Crippen LogP contribution in [-0.2, 0) is 4.79 Å². The second-order valence-corrected chi connectivity index (χ2v) is 6.70. The number of nitrogens with one attached hydrogen (secondary N) is 1. The topological polar surface area (TPSA) is 62.1 Å². The Labute approximate surface area is 144 Å². The molecule has 21 heavy (non-hydrogen) atoms. The monoisotopic (exact) mass is 364 g/mol. The van der Waals surface area contributed by atoms with Crippen LogP contribution in [0.15, 0.2) is 18.2 Å². The third kappa shape index (κ3) is 4.89. The average Bonchev–Trinajstić information content (AvgIpc) is 2.41. The number of hydrogen-bond donors (Lipinski definition) is 3. The van der Waals surface area contributed by atoms with Gasteiger partial charge in [-0.05, 0) is 32.0 Å². The van der Waals surface area contributed by atoms with E-state index in [-0.39, 0.29) is 0 Å². The van der Waals surface area contributed by atoms with Crippen LogP contribution in [0.4, 0.5) is 0 Å². The lowest BCUT2D eigenvalue weighted by atomic mass is 10.2. The first-order chi connectivity index (χ1) is 9.69. The summed E-state index contributed by atoms with van der Waals surface area (Å²) >= 11 is 20.0. The van der Waals surface area contributed by atoms with Gasteiger partial charge in [0, 0.05) is 10.3 Å². The highest BCUT2D eigenvalue weighted by molar-refractivity contribution is 7.86. The predicted molar refractivity (Wildman–Crippen MR) is 90.5 cm³/mol. The molecule has 1 aromatic carbocycles. The van der Waals surface area contributed by atoms with Crippen molar-refractivity contribution < 1.29 is 9.53 Å². The number of benzene rings is 1. The lowest BCUT2D eigenvalue weighted by molar-refractivity contribution is -0.127. The van der Waals surface area contributed by atoms with Crippen molar-refractivity contribution >= 4 is 54.4 Å². The Morgan fingerprint density at radius 1 is 1.48 bits per heavy atom. The van der Waals surface area contributed by atoms with Crippen molar-refractivity contribution in [2.75, 3.05) is 0 Å². The van der Waals surface area contributed by atoms with Gasteiger partial charge in [0.15, 0.2) is 11.0 Å². The molecule has 1 rings (SSSR count). The fraction of sp³-hybridized carbons (Fsp3) is 0.385. The summed E-state index contributed by atoms with van der Waals surface area (Å²) in [4.78, 5) is 10.7. The maximum atomic E-state index is 12.1. The number of carbonyl (C=O) groups excluding carboxylic acids is 1. The molecule has 0 fully saturated rings. The number of halogens is 2. The first-order valence-corrected chi connectivity index (χ1v) is 7.67. The number of hydrogen-bond acceptors (Lipinski definition) is 5. The van der Waals surface area contributed by atoms with Gasteiger partial charge in [-0.1, -0.05) is 23.2 Å². The molecule has 0 saturated carbocycles. The largest absolute Gasteiger partial charge is 0.479 e. The van der Waals surface area contributed by atoms with Crippen LogP contribution in [0.5, 0.6) is 5.75 Å². The third-order valence-electron chi connectivity index (χ3n) is 2.66. The molecule has 0 bridgehead atoms. The second kappa shape index (κ2) is 7.50. The summed E-state index contributed by atoms with van der Waals surface area (Å²) in [5.74, 6) is -0.178. The highest BCUT2D eigenvalue weighted by atomic mass is 35.5. The Hall–Kier alpha value is -0.740. The standard InChI is InChI=1S/C13H14Cl2N2O2S2/c1-7(12(18)17-13(21,6-16)8(2)20)19-11-4-3-9(14)5-10(11)15/h3-5,7-8,20-21H,1-2H3,(H,17,18). The van der Waals surface area contributed by atoms with E-state index in [2.05, 4.69) is 30.6 Å². The van der Waals surface area contributed by atoms with Crippen LogP contribution < -0.4 is 10.1 Å². The van der Waals surface area contributed by atoms with Gasteiger partial charge < -0.3 is 10.1 Å². The zero-order chi connectivity index (χ0) is 16.2. The number of nitrogens with zero attached hydrogens (tertiary/aromatic N) is 1. The lowest BCUT2D eigenvalue weighted by Gasteiger charge is -2.27. The Bertz CT molecular complexity index is 578. The second-order valence-electron chi connectivity index (χ2n) is 4.38. The molecule has 0 heterocycles. The number of nitriles is 1. The van der Waals surface area contributed by atoms with E-state index in [9.17, 15) is 4.79 Å². The highest BCUT2D eigenvalue weighted by Gasteiger charge is 2.34. The molecule has 3 atom stereocenters. The number of amides is 1. The molecule has 1 amide bonds. The van der Waals surface area contributed by atoms with Crippen molar-refractivity contribution in [3.8, 4) is 11.8 Å². The molecule has 0 spiro atoms. The number of ether oxygens (including phenoxy) is 1. The molecule has 3 unspecified atom stereocenters. The minimum atomic E-state index is -1.39. The maximum Gasteiger partial charge on any atom is 0.262 e. The van der Waals surface area contributed by atoms with E-state index in [1.165, 1.54) is 13.0 Å². The molecule has 8 heteroatoms. The Kier molecular flexibility index (Phi) is 6.54. The summed E-state index contributed by atoms with van der Waals surface area (Å²) in [6.07, 6.45) is -0.865. The zero-order valence-corrected chi connectivity index (χ0v) is 14.6. The molecule has 1 N–H and O–H groups in total. The average molecular weight is 365 g/mol. The molecule has 114 valence electrons. The third-order valence-corrected chi connectivity index (χ3v) is 4.38. The van der Waals surface area contributed by atoms with Crippen molar-refractivity contribution in [2.45, 2.75) is 30.1 Å². The van der Waals surface area contributed by atoms with E-state index < -0.39 is 22.1 Å². The molecular formula is C13H14Cl2N2O2S2. The fourth-order valence-electron chi connectivity index (χ4n) is 1.33. The van der Waals surface area contributed by atoms with Gasteiger partial charge in [0.25, 0.3) is 5.91 Å². The fourth-order valence-corrected chi connectivity index (χ4v) is 2.02. The summed E-state index contributed by atoms with van der Waals surface area (Å²) in [5, 5.41) is 11.9. The van der Waals surface area contributed by atoms with Crippen LogP contribution in [-0.4, -0.2) is 22.1 Å². The van der Waals surface area contributed by atoms with E-state index in [1.54, 1.807) is 19.1 Å². The molecule has 1 aromatic rings. The molecule has 0 aliphatic heterocycles. The predicted octanol–water partition coefficient (Wildman–Crippen LogP) is 3.34. The van der Waals surface area contributed by atoms with Gasteiger partial charge in [0.1, 0.15) is 11.8 Å². The van der Waals surface area contributed by atoms with Gasteiger partial charge in [-0.15, -0.1) is 12.6 Å². The van der Waals surface area contributed by atoms with Crippen molar-refractivity contribution in [3.05, 3.63) is 28.2 Å². The molecular weight excluding hydrogens is 351 g/mol. The van der Waals surface area contributed by atoms with E-state index in [4.69, 9.17) is 33.2 Å². The van der Waals surface area contributed by atoms with Gasteiger partial charge in [0.2, 0.25) is 0 Å². The quantitative estimate of drug-likeness (QED) is 0.554. The number of carbonyl (C=O) groups is 1. The Balaban J connectivity index is 2.78. The van der Waals surface area contributed by atoms with Crippen molar-refractivity contribution in [2.24, 2.45) is 0 Å². The Morgan fingerprint density at radius 3 is 2.57 bits per heavy atom. The SMILES string of the molecule is CC(Oc1ccc(Cl)cc1Cl)C(=O)NC(S)(C#N)C(C)S. The molecule has 0 aliphatic rings. The number of rotatable bonds is 5. The molecule has 0 aromatic heterocycles. The maximum absolute atomic E-state index is 12.1. The van der Waals surface area contributed by atoms with Crippen molar-refractivity contribution in [1.29, 1.82) is 5.26 Å². The van der Waals surface area contributed by atoms with Gasteiger partial charge in [-0.3, -0.25) is 4.79 Å². The van der Waals surface area contributed by atoms with Crippen LogP contribution in [0.3, 0.4) is 0 Å². The number of thiol groups is 2. The summed E-state index contributed by atoms with van der Waals surface area (Å²) in [6.45, 7) is 3.19. The van der Waals surface area contributed by atoms with Crippen molar-refractivity contribution in [1.82, 2.24) is 5.32 Å². The molecule has 0 saturated heterocycles. The van der Waals surface area contributed by atoms with Gasteiger partial charge in [-0.2, -0.15) is 17.9 Å². The van der Waals surface area contributed by atoms with Crippen LogP contribution in [0, 0.1) is 11.3 Å². The van der Waals surface area contributed by atoms with E-state index >= 15 is 0 Å².